The van der Waals surface area contributed by atoms with Gasteiger partial charge in [-0.3, -0.25) is 0 Å². The highest BCUT2D eigenvalue weighted by Gasteiger charge is 2.31. The molecule has 6 nitrogen and oxygen atoms in total. The molecule has 1 aliphatic heterocycles. The number of benzene rings is 3. The van der Waals surface area contributed by atoms with E-state index in [4.69, 9.17) is 19.9 Å². The fourth-order valence-electron chi connectivity index (χ4n) is 3.70. The molecule has 0 aliphatic carbocycles. The van der Waals surface area contributed by atoms with Crippen LogP contribution in [0.2, 0.25) is 0 Å². The average molecular weight is 440 g/mol. The number of rotatable bonds is 6. The van der Waals surface area contributed by atoms with Crippen LogP contribution in [-0.2, 0) is 0 Å². The van der Waals surface area contributed by atoms with Gasteiger partial charge in [0, 0.05) is 11.6 Å². The van der Waals surface area contributed by atoms with Crippen molar-refractivity contribution in [3.63, 3.8) is 0 Å². The van der Waals surface area contributed by atoms with Crippen LogP contribution in [0.15, 0.2) is 78.2 Å². The number of fused-ring (bicyclic) bond motifs is 1. The molecule has 1 heterocycles. The van der Waals surface area contributed by atoms with Gasteiger partial charge in [0.2, 0.25) is 5.88 Å². The van der Waals surface area contributed by atoms with Crippen LogP contribution in [0.4, 0.5) is 0 Å². The van der Waals surface area contributed by atoms with Crippen molar-refractivity contribution < 1.29 is 19.0 Å². The Morgan fingerprint density at radius 2 is 1.88 bits per heavy atom. The molecule has 166 valence electrons. The maximum absolute atomic E-state index is 12.5. The second-order valence-corrected chi connectivity index (χ2v) is 7.80. The lowest BCUT2D eigenvalue weighted by molar-refractivity contribution is 0.0734. The zero-order valence-electron chi connectivity index (χ0n) is 18.5. The zero-order chi connectivity index (χ0) is 23.4. The Balaban J connectivity index is 1.66. The van der Waals surface area contributed by atoms with Crippen LogP contribution in [0.25, 0.3) is 0 Å². The number of nitriles is 1. The summed E-state index contributed by atoms with van der Waals surface area (Å²) < 4.78 is 17.0. The standard InChI is InChI=1S/C27H24N2O4/c1-3-13-31-20-6-4-5-19(14-20)25-22-12-11-21(15-24(22)33-26(29)23(25)16-28)32-27(30)18-9-7-17(2)8-10-18/h4-12,14-15,25H,3,13,29H2,1-2H3. The molecule has 1 unspecified atom stereocenters. The van der Waals surface area contributed by atoms with E-state index >= 15 is 0 Å². The maximum atomic E-state index is 12.5. The largest absolute Gasteiger partial charge is 0.494 e. The zero-order valence-corrected chi connectivity index (χ0v) is 18.5. The van der Waals surface area contributed by atoms with Gasteiger partial charge in [-0.05, 0) is 49.2 Å². The lowest BCUT2D eigenvalue weighted by Gasteiger charge is -2.27. The number of hydrogen-bond acceptors (Lipinski definition) is 6. The highest BCUT2D eigenvalue weighted by Crippen LogP contribution is 2.44. The van der Waals surface area contributed by atoms with E-state index in [1.54, 1.807) is 30.3 Å². The third-order valence-electron chi connectivity index (χ3n) is 5.35. The smallest absolute Gasteiger partial charge is 0.343 e. The first-order chi connectivity index (χ1) is 16.0. The summed E-state index contributed by atoms with van der Waals surface area (Å²) in [7, 11) is 0. The first-order valence-corrected chi connectivity index (χ1v) is 10.7. The van der Waals surface area contributed by atoms with Crippen molar-refractivity contribution in [1.29, 1.82) is 5.26 Å². The number of nitrogens with zero attached hydrogens (tertiary/aromatic N) is 1. The maximum Gasteiger partial charge on any atom is 0.343 e. The highest BCUT2D eigenvalue weighted by atomic mass is 16.5. The summed E-state index contributed by atoms with van der Waals surface area (Å²) >= 11 is 0. The summed E-state index contributed by atoms with van der Waals surface area (Å²) in [5.41, 5.74) is 9.54. The van der Waals surface area contributed by atoms with Gasteiger partial charge in [0.25, 0.3) is 0 Å². The highest BCUT2D eigenvalue weighted by molar-refractivity contribution is 5.91. The normalized spacial score (nSPS) is 14.6. The number of aryl methyl sites for hydroxylation is 1. The Morgan fingerprint density at radius 1 is 1.09 bits per heavy atom. The second-order valence-electron chi connectivity index (χ2n) is 7.80. The monoisotopic (exact) mass is 440 g/mol. The number of carbonyl (C=O) groups excluding carboxylic acids is 1. The molecule has 0 amide bonds. The molecule has 0 saturated heterocycles. The molecule has 0 bridgehead atoms. The van der Waals surface area contributed by atoms with Crippen molar-refractivity contribution in [1.82, 2.24) is 0 Å². The minimum absolute atomic E-state index is 0.0249. The number of allylic oxidation sites excluding steroid dienone is 1. The van der Waals surface area contributed by atoms with Crippen molar-refractivity contribution in [3.05, 3.63) is 100 Å². The molecule has 6 heteroatoms. The molecule has 0 saturated carbocycles. The molecule has 0 radical (unpaired) electrons. The summed E-state index contributed by atoms with van der Waals surface area (Å²) in [4.78, 5) is 12.5. The SMILES string of the molecule is CCCOc1cccc(C2C(C#N)=C(N)Oc3cc(OC(=O)c4ccc(C)cc4)ccc32)c1. The summed E-state index contributed by atoms with van der Waals surface area (Å²) in [6.07, 6.45) is 0.894. The van der Waals surface area contributed by atoms with E-state index in [9.17, 15) is 10.1 Å². The first-order valence-electron chi connectivity index (χ1n) is 10.7. The van der Waals surface area contributed by atoms with Crippen LogP contribution >= 0.6 is 0 Å². The van der Waals surface area contributed by atoms with Gasteiger partial charge >= 0.3 is 5.97 Å². The fraction of sp³-hybridized carbons (Fsp3) is 0.185. The molecule has 0 aromatic heterocycles. The summed E-state index contributed by atoms with van der Waals surface area (Å²) in [5.74, 6) is 0.616. The van der Waals surface area contributed by atoms with Crippen LogP contribution < -0.4 is 19.9 Å². The predicted octanol–water partition coefficient (Wildman–Crippen LogP) is 5.22. The Morgan fingerprint density at radius 3 is 2.61 bits per heavy atom. The van der Waals surface area contributed by atoms with Crippen LogP contribution in [0.3, 0.4) is 0 Å². The fourth-order valence-corrected chi connectivity index (χ4v) is 3.70. The van der Waals surface area contributed by atoms with Gasteiger partial charge in [-0.2, -0.15) is 5.26 Å². The molecule has 2 N–H and O–H groups in total. The Bertz CT molecular complexity index is 1260. The second kappa shape index (κ2) is 9.49. The molecule has 1 aliphatic rings. The van der Waals surface area contributed by atoms with Crippen LogP contribution in [0.1, 0.15) is 46.3 Å². The number of ether oxygens (including phenoxy) is 3. The molecule has 3 aromatic rings. The van der Waals surface area contributed by atoms with E-state index in [2.05, 4.69) is 6.07 Å². The number of hydrogen-bond donors (Lipinski definition) is 1. The lowest BCUT2D eigenvalue weighted by atomic mass is 9.83. The molecule has 4 rings (SSSR count). The van der Waals surface area contributed by atoms with Crippen LogP contribution in [0.5, 0.6) is 17.2 Å². The van der Waals surface area contributed by atoms with Crippen molar-refractivity contribution in [3.8, 4) is 23.3 Å². The van der Waals surface area contributed by atoms with Gasteiger partial charge in [0.15, 0.2) is 0 Å². The molecular weight excluding hydrogens is 416 g/mol. The van der Waals surface area contributed by atoms with E-state index in [-0.39, 0.29) is 5.88 Å². The topological polar surface area (TPSA) is 94.6 Å². The molecule has 0 spiro atoms. The quantitative estimate of drug-likeness (QED) is 0.417. The van der Waals surface area contributed by atoms with Crippen molar-refractivity contribution in [2.45, 2.75) is 26.2 Å². The van der Waals surface area contributed by atoms with Gasteiger partial charge in [-0.25, -0.2) is 4.79 Å². The van der Waals surface area contributed by atoms with E-state index < -0.39 is 11.9 Å². The number of nitrogens with two attached hydrogens (primary N) is 1. The van der Waals surface area contributed by atoms with Crippen molar-refractivity contribution >= 4 is 5.97 Å². The van der Waals surface area contributed by atoms with E-state index in [0.717, 1.165) is 28.9 Å². The Labute approximate surface area is 192 Å². The minimum Gasteiger partial charge on any atom is -0.494 e. The van der Waals surface area contributed by atoms with E-state index in [1.807, 2.05) is 50.2 Å². The van der Waals surface area contributed by atoms with E-state index in [0.29, 0.717) is 29.2 Å². The molecule has 1 atom stereocenters. The van der Waals surface area contributed by atoms with Crippen LogP contribution in [-0.4, -0.2) is 12.6 Å². The Hall–Kier alpha value is -4.24. The van der Waals surface area contributed by atoms with E-state index in [1.165, 1.54) is 0 Å². The summed E-state index contributed by atoms with van der Waals surface area (Å²) in [6, 6.07) is 22.0. The minimum atomic E-state index is -0.468. The third-order valence-corrected chi connectivity index (χ3v) is 5.35. The number of esters is 1. The molecular formula is C27H24N2O4. The van der Waals surface area contributed by atoms with Gasteiger partial charge in [-0.1, -0.05) is 42.8 Å². The van der Waals surface area contributed by atoms with Gasteiger partial charge < -0.3 is 19.9 Å². The summed E-state index contributed by atoms with van der Waals surface area (Å²) in [5, 5.41) is 9.78. The molecule has 0 fully saturated rings. The predicted molar refractivity (Wildman–Crippen MR) is 124 cm³/mol. The van der Waals surface area contributed by atoms with Gasteiger partial charge in [-0.15, -0.1) is 0 Å². The van der Waals surface area contributed by atoms with Crippen molar-refractivity contribution in [2.75, 3.05) is 6.61 Å². The summed E-state index contributed by atoms with van der Waals surface area (Å²) in [6.45, 7) is 4.59. The number of carbonyl (C=O) groups is 1. The third kappa shape index (κ3) is 4.68. The first kappa shape index (κ1) is 22.0. The average Bonchev–Trinajstić information content (AvgIpc) is 2.82. The molecule has 3 aromatic carbocycles. The Kier molecular flexibility index (Phi) is 6.32. The molecule has 33 heavy (non-hydrogen) atoms. The van der Waals surface area contributed by atoms with Gasteiger partial charge in [0.1, 0.15) is 28.9 Å². The van der Waals surface area contributed by atoms with Gasteiger partial charge in [0.05, 0.1) is 18.1 Å². The van der Waals surface area contributed by atoms with Crippen LogP contribution in [0, 0.1) is 18.3 Å². The van der Waals surface area contributed by atoms with Crippen molar-refractivity contribution in [2.24, 2.45) is 5.73 Å². The lowest BCUT2D eigenvalue weighted by Crippen LogP contribution is -2.21.